The number of anilines is 1. The molecule has 0 unspecified atom stereocenters. The molecule has 0 aliphatic carbocycles. The number of ketones is 1. The molecule has 1 aliphatic rings. The normalized spacial score (nSPS) is 15.2. The first-order chi connectivity index (χ1) is 16.3. The Bertz CT molecular complexity index is 1380. The minimum absolute atomic E-state index is 0.147. The molecule has 5 rings (SSSR count). The van der Waals surface area contributed by atoms with Crippen molar-refractivity contribution in [1.82, 2.24) is 29.6 Å². The van der Waals surface area contributed by atoms with E-state index in [1.165, 1.54) is 0 Å². The smallest absolute Gasteiger partial charge is 0.228 e. The molecule has 9 heteroatoms. The highest BCUT2D eigenvalue weighted by atomic mass is 16.5. The summed E-state index contributed by atoms with van der Waals surface area (Å²) in [6.07, 6.45) is 2.08. The van der Waals surface area contributed by atoms with E-state index in [-0.39, 0.29) is 17.7 Å². The SMILES string of the molecule is Cc1nn(C)c(C)c1-c1cc(C(=O)c2nc3nc(OC4CCN(C)CC4)ccc3[nH]2)ccc1N. The lowest BCUT2D eigenvalue weighted by Gasteiger charge is -2.28. The summed E-state index contributed by atoms with van der Waals surface area (Å²) in [5, 5.41) is 4.48. The van der Waals surface area contributed by atoms with Gasteiger partial charge in [0, 0.05) is 54.3 Å². The number of nitrogens with two attached hydrogens (primary N) is 1. The summed E-state index contributed by atoms with van der Waals surface area (Å²) < 4.78 is 7.88. The number of aromatic nitrogens is 5. The average molecular weight is 460 g/mol. The Labute approximate surface area is 198 Å². The Morgan fingerprint density at radius 1 is 1.12 bits per heavy atom. The van der Waals surface area contributed by atoms with E-state index in [1.54, 1.807) is 12.1 Å². The van der Waals surface area contributed by atoms with Gasteiger partial charge in [0.05, 0.1) is 11.2 Å². The number of piperidine rings is 1. The Balaban J connectivity index is 1.42. The first-order valence-electron chi connectivity index (χ1n) is 11.5. The van der Waals surface area contributed by atoms with Gasteiger partial charge < -0.3 is 20.4 Å². The van der Waals surface area contributed by atoms with Crippen LogP contribution in [0, 0.1) is 13.8 Å². The maximum absolute atomic E-state index is 13.3. The topological polar surface area (TPSA) is 115 Å². The summed E-state index contributed by atoms with van der Waals surface area (Å²) in [4.78, 5) is 27.7. The van der Waals surface area contributed by atoms with Gasteiger partial charge in [-0.25, -0.2) is 4.98 Å². The van der Waals surface area contributed by atoms with Crippen molar-refractivity contribution in [2.75, 3.05) is 25.9 Å². The molecule has 3 aromatic heterocycles. The van der Waals surface area contributed by atoms with Crippen molar-refractivity contribution in [1.29, 1.82) is 0 Å². The quantitative estimate of drug-likeness (QED) is 0.348. The second-order valence-corrected chi connectivity index (χ2v) is 9.03. The molecule has 1 aliphatic heterocycles. The first-order valence-corrected chi connectivity index (χ1v) is 11.5. The molecular formula is C25H29N7O2. The van der Waals surface area contributed by atoms with Crippen molar-refractivity contribution in [2.45, 2.75) is 32.8 Å². The molecule has 0 spiro atoms. The predicted octanol–water partition coefficient (Wildman–Crippen LogP) is 3.26. The number of benzene rings is 1. The van der Waals surface area contributed by atoms with Crippen molar-refractivity contribution in [3.05, 3.63) is 53.1 Å². The Kier molecular flexibility index (Phi) is 5.57. The zero-order chi connectivity index (χ0) is 24.0. The van der Waals surface area contributed by atoms with Crippen LogP contribution in [0.4, 0.5) is 5.69 Å². The van der Waals surface area contributed by atoms with E-state index in [4.69, 9.17) is 10.5 Å². The number of carbonyl (C=O) groups is 1. The first kappa shape index (κ1) is 22.1. The third-order valence-corrected chi connectivity index (χ3v) is 6.58. The average Bonchev–Trinajstić information content (AvgIpc) is 3.35. The van der Waals surface area contributed by atoms with Crippen LogP contribution in [-0.4, -0.2) is 61.7 Å². The van der Waals surface area contributed by atoms with Crippen LogP contribution in [0.2, 0.25) is 0 Å². The van der Waals surface area contributed by atoms with E-state index >= 15 is 0 Å². The van der Waals surface area contributed by atoms with Crippen molar-refractivity contribution >= 4 is 22.6 Å². The number of hydrogen-bond donors (Lipinski definition) is 2. The molecule has 0 radical (unpaired) electrons. The fraction of sp³-hybridized carbons (Fsp3) is 0.360. The number of fused-ring (bicyclic) bond motifs is 1. The molecule has 0 bridgehead atoms. The molecule has 4 heterocycles. The lowest BCUT2D eigenvalue weighted by molar-refractivity contribution is 0.103. The summed E-state index contributed by atoms with van der Waals surface area (Å²) >= 11 is 0. The third-order valence-electron chi connectivity index (χ3n) is 6.58. The van der Waals surface area contributed by atoms with E-state index < -0.39 is 0 Å². The minimum atomic E-state index is -0.226. The molecular weight excluding hydrogens is 430 g/mol. The number of aromatic amines is 1. The van der Waals surface area contributed by atoms with Crippen LogP contribution >= 0.6 is 0 Å². The van der Waals surface area contributed by atoms with Gasteiger partial charge in [-0.1, -0.05) is 0 Å². The highest BCUT2D eigenvalue weighted by Crippen LogP contribution is 2.32. The van der Waals surface area contributed by atoms with Gasteiger partial charge in [0.1, 0.15) is 6.10 Å². The number of aryl methyl sites for hydroxylation is 2. The van der Waals surface area contributed by atoms with E-state index in [0.717, 1.165) is 48.4 Å². The molecule has 9 nitrogen and oxygen atoms in total. The molecule has 176 valence electrons. The number of likely N-dealkylation sites (tertiary alicyclic amines) is 1. The fourth-order valence-corrected chi connectivity index (χ4v) is 4.54. The molecule has 0 saturated carbocycles. The number of H-pyrrole nitrogens is 1. The largest absolute Gasteiger partial charge is 0.474 e. The number of nitrogens with zero attached hydrogens (tertiary/aromatic N) is 5. The summed E-state index contributed by atoms with van der Waals surface area (Å²) in [6, 6.07) is 8.96. The number of imidazole rings is 1. The molecule has 34 heavy (non-hydrogen) atoms. The van der Waals surface area contributed by atoms with Crippen LogP contribution in [0.5, 0.6) is 5.88 Å². The highest BCUT2D eigenvalue weighted by molar-refractivity contribution is 6.09. The summed E-state index contributed by atoms with van der Waals surface area (Å²) in [6.45, 7) is 5.94. The van der Waals surface area contributed by atoms with Crippen molar-refractivity contribution < 1.29 is 9.53 Å². The van der Waals surface area contributed by atoms with Crippen molar-refractivity contribution in [3.63, 3.8) is 0 Å². The second-order valence-electron chi connectivity index (χ2n) is 9.03. The second kappa shape index (κ2) is 8.57. The van der Waals surface area contributed by atoms with Crippen LogP contribution in [0.1, 0.15) is 40.4 Å². The minimum Gasteiger partial charge on any atom is -0.474 e. The summed E-state index contributed by atoms with van der Waals surface area (Å²) in [5.41, 5.74) is 12.1. The monoisotopic (exact) mass is 459 g/mol. The molecule has 1 aromatic carbocycles. The maximum Gasteiger partial charge on any atom is 0.228 e. The van der Waals surface area contributed by atoms with Crippen molar-refractivity contribution in [3.8, 4) is 17.0 Å². The molecule has 1 saturated heterocycles. The van der Waals surface area contributed by atoms with E-state index in [1.807, 2.05) is 43.8 Å². The molecule has 3 N–H and O–H groups in total. The van der Waals surface area contributed by atoms with Gasteiger partial charge in [0.15, 0.2) is 11.5 Å². The van der Waals surface area contributed by atoms with Gasteiger partial charge in [0.25, 0.3) is 0 Å². The number of carbonyl (C=O) groups excluding carboxylic acids is 1. The zero-order valence-corrected chi connectivity index (χ0v) is 19.9. The van der Waals surface area contributed by atoms with E-state index in [2.05, 4.69) is 32.0 Å². The zero-order valence-electron chi connectivity index (χ0n) is 19.9. The van der Waals surface area contributed by atoms with Crippen LogP contribution in [0.25, 0.3) is 22.3 Å². The van der Waals surface area contributed by atoms with Crippen LogP contribution < -0.4 is 10.5 Å². The Morgan fingerprint density at radius 2 is 1.88 bits per heavy atom. The molecule has 0 atom stereocenters. The van der Waals surface area contributed by atoms with Crippen LogP contribution in [0.15, 0.2) is 30.3 Å². The summed E-state index contributed by atoms with van der Waals surface area (Å²) in [5.74, 6) is 0.537. The standard InChI is InChI=1S/C25H29N7O2/c1-14-22(15(2)32(4)30-14)18-13-16(5-6-19(18)26)23(33)25-27-20-7-8-21(28-24(20)29-25)34-17-9-11-31(3)12-10-17/h5-8,13,17H,9-12,26H2,1-4H3,(H,27,28,29). The van der Waals surface area contributed by atoms with Gasteiger partial charge in [0.2, 0.25) is 11.7 Å². The van der Waals surface area contributed by atoms with Gasteiger partial charge >= 0.3 is 0 Å². The van der Waals surface area contributed by atoms with Crippen LogP contribution in [0.3, 0.4) is 0 Å². The Hall–Kier alpha value is -3.72. The lowest BCUT2D eigenvalue weighted by atomic mass is 9.98. The van der Waals surface area contributed by atoms with Crippen LogP contribution in [-0.2, 0) is 7.05 Å². The number of hydrogen-bond acceptors (Lipinski definition) is 7. The molecule has 1 fully saturated rings. The fourth-order valence-electron chi connectivity index (χ4n) is 4.54. The van der Waals surface area contributed by atoms with Gasteiger partial charge in [-0.3, -0.25) is 9.48 Å². The number of nitrogens with one attached hydrogen (secondary N) is 1. The maximum atomic E-state index is 13.3. The van der Waals surface area contributed by atoms with E-state index in [0.29, 0.717) is 28.3 Å². The Morgan fingerprint density at radius 3 is 2.59 bits per heavy atom. The molecule has 4 aromatic rings. The number of pyridine rings is 1. The number of rotatable bonds is 5. The van der Waals surface area contributed by atoms with E-state index in [9.17, 15) is 4.79 Å². The predicted molar refractivity (Wildman–Crippen MR) is 131 cm³/mol. The van der Waals surface area contributed by atoms with Gasteiger partial charge in [-0.05, 0) is 58.0 Å². The molecule has 0 amide bonds. The number of ether oxygens (including phenoxy) is 1. The highest BCUT2D eigenvalue weighted by Gasteiger charge is 2.21. The van der Waals surface area contributed by atoms with Gasteiger partial charge in [-0.15, -0.1) is 0 Å². The summed E-state index contributed by atoms with van der Waals surface area (Å²) in [7, 11) is 4.01. The lowest BCUT2D eigenvalue weighted by Crippen LogP contribution is -2.35. The number of nitrogen functional groups attached to an aromatic ring is 1. The van der Waals surface area contributed by atoms with Crippen molar-refractivity contribution in [2.24, 2.45) is 7.05 Å². The van der Waals surface area contributed by atoms with Gasteiger partial charge in [-0.2, -0.15) is 10.1 Å². The third kappa shape index (κ3) is 4.03.